The van der Waals surface area contributed by atoms with Crippen LogP contribution in [0.15, 0.2) is 51.3 Å². The molecule has 0 saturated carbocycles. The fourth-order valence-electron chi connectivity index (χ4n) is 3.71. The van der Waals surface area contributed by atoms with Gasteiger partial charge in [0.05, 0.1) is 10.9 Å². The van der Waals surface area contributed by atoms with E-state index in [4.69, 9.17) is 33.3 Å². The SMILES string of the molecule is Cc1ccc(C)c(/C=C2\CCn3c2nc2cc(NC(=O)/C(Cl)=C(/Cl)C(=O)O)ccc2c3=O)c1. The van der Waals surface area contributed by atoms with Crippen LogP contribution in [0.4, 0.5) is 5.69 Å². The maximum absolute atomic E-state index is 13.0. The number of carboxylic acid groups (broad SMARTS) is 1. The zero-order chi connectivity index (χ0) is 23.9. The van der Waals surface area contributed by atoms with Crippen molar-refractivity contribution >= 4 is 63.3 Å². The Bertz CT molecular complexity index is 1450. The highest BCUT2D eigenvalue weighted by Crippen LogP contribution is 2.29. The molecule has 2 N–H and O–H groups in total. The summed E-state index contributed by atoms with van der Waals surface area (Å²) in [5.74, 6) is -1.80. The van der Waals surface area contributed by atoms with Gasteiger partial charge in [0, 0.05) is 12.2 Å². The van der Waals surface area contributed by atoms with Gasteiger partial charge in [-0.2, -0.15) is 0 Å². The number of nitrogens with zero attached hydrogens (tertiary/aromatic N) is 2. The van der Waals surface area contributed by atoms with E-state index in [1.54, 1.807) is 16.7 Å². The number of aromatic nitrogens is 2. The van der Waals surface area contributed by atoms with Gasteiger partial charge in [0.15, 0.2) is 0 Å². The lowest BCUT2D eigenvalue weighted by Crippen LogP contribution is -2.21. The molecule has 4 rings (SSSR count). The number of allylic oxidation sites excluding steroid dienone is 1. The van der Waals surface area contributed by atoms with Gasteiger partial charge in [0.2, 0.25) is 0 Å². The average Bonchev–Trinajstić information content (AvgIpc) is 3.17. The largest absolute Gasteiger partial charge is 0.477 e. The summed E-state index contributed by atoms with van der Waals surface area (Å²) >= 11 is 11.3. The molecule has 1 aromatic heterocycles. The molecule has 0 fully saturated rings. The number of anilines is 1. The molecular formula is C24H19Cl2N3O4. The van der Waals surface area contributed by atoms with Crippen LogP contribution in [0, 0.1) is 13.8 Å². The summed E-state index contributed by atoms with van der Waals surface area (Å²) in [6, 6.07) is 10.8. The number of fused-ring (bicyclic) bond motifs is 2. The zero-order valence-corrected chi connectivity index (χ0v) is 19.3. The zero-order valence-electron chi connectivity index (χ0n) is 17.8. The van der Waals surface area contributed by atoms with E-state index in [1.807, 2.05) is 13.8 Å². The number of rotatable bonds is 4. The minimum Gasteiger partial charge on any atom is -0.477 e. The van der Waals surface area contributed by atoms with Gasteiger partial charge in [-0.05, 0) is 61.2 Å². The first kappa shape index (κ1) is 22.8. The van der Waals surface area contributed by atoms with Crippen molar-refractivity contribution in [1.82, 2.24) is 9.55 Å². The second kappa shape index (κ2) is 8.84. The van der Waals surface area contributed by atoms with E-state index in [0.29, 0.717) is 35.4 Å². The van der Waals surface area contributed by atoms with Crippen molar-refractivity contribution in [1.29, 1.82) is 0 Å². The maximum atomic E-state index is 13.0. The molecule has 33 heavy (non-hydrogen) atoms. The highest BCUT2D eigenvalue weighted by Gasteiger charge is 2.22. The number of halogens is 2. The number of aliphatic carboxylic acids is 1. The Labute approximate surface area is 199 Å². The molecular weight excluding hydrogens is 465 g/mol. The Kier molecular flexibility index (Phi) is 6.10. The lowest BCUT2D eigenvalue weighted by atomic mass is 10.0. The highest BCUT2D eigenvalue weighted by atomic mass is 35.5. The first-order valence-corrected chi connectivity index (χ1v) is 10.8. The quantitative estimate of drug-likeness (QED) is 0.525. The molecule has 1 aliphatic heterocycles. The van der Waals surface area contributed by atoms with Crippen LogP contribution >= 0.6 is 23.2 Å². The van der Waals surface area contributed by atoms with Gasteiger partial charge in [-0.25, -0.2) is 9.78 Å². The van der Waals surface area contributed by atoms with Crippen molar-refractivity contribution in [3.8, 4) is 0 Å². The molecule has 0 atom stereocenters. The Balaban J connectivity index is 1.75. The third-order valence-corrected chi connectivity index (χ3v) is 6.26. The van der Waals surface area contributed by atoms with Gasteiger partial charge in [0.25, 0.3) is 11.5 Å². The topological polar surface area (TPSA) is 101 Å². The summed E-state index contributed by atoms with van der Waals surface area (Å²) < 4.78 is 1.66. The Morgan fingerprint density at radius 3 is 2.61 bits per heavy atom. The summed E-state index contributed by atoms with van der Waals surface area (Å²) in [6.07, 6.45) is 2.74. The molecule has 168 valence electrons. The van der Waals surface area contributed by atoms with Gasteiger partial charge < -0.3 is 10.4 Å². The maximum Gasteiger partial charge on any atom is 0.349 e. The summed E-state index contributed by atoms with van der Waals surface area (Å²) in [6.45, 7) is 4.61. The van der Waals surface area contributed by atoms with Crippen LogP contribution < -0.4 is 10.9 Å². The average molecular weight is 484 g/mol. The van der Waals surface area contributed by atoms with E-state index in [1.165, 1.54) is 6.07 Å². The monoisotopic (exact) mass is 483 g/mol. The molecule has 0 radical (unpaired) electrons. The fraction of sp³-hybridized carbons (Fsp3) is 0.167. The van der Waals surface area contributed by atoms with E-state index >= 15 is 0 Å². The number of hydrogen-bond donors (Lipinski definition) is 2. The summed E-state index contributed by atoms with van der Waals surface area (Å²) in [7, 11) is 0. The first-order valence-electron chi connectivity index (χ1n) is 10.1. The van der Waals surface area contributed by atoms with E-state index in [0.717, 1.165) is 22.3 Å². The molecule has 0 spiro atoms. The van der Waals surface area contributed by atoms with Crippen LogP contribution in [0.25, 0.3) is 22.6 Å². The van der Waals surface area contributed by atoms with Crippen LogP contribution in [0.2, 0.25) is 0 Å². The Morgan fingerprint density at radius 2 is 1.88 bits per heavy atom. The molecule has 3 aromatic rings. The van der Waals surface area contributed by atoms with E-state index in [-0.39, 0.29) is 5.56 Å². The number of hydrogen-bond acceptors (Lipinski definition) is 4. The van der Waals surface area contributed by atoms with Crippen molar-refractivity contribution in [3.05, 3.63) is 79.3 Å². The highest BCUT2D eigenvalue weighted by molar-refractivity contribution is 6.54. The smallest absolute Gasteiger partial charge is 0.349 e. The molecule has 0 unspecified atom stereocenters. The van der Waals surface area contributed by atoms with Crippen molar-refractivity contribution < 1.29 is 14.7 Å². The summed E-state index contributed by atoms with van der Waals surface area (Å²) in [5.41, 5.74) is 4.85. The molecule has 1 amide bonds. The third kappa shape index (κ3) is 4.42. The minimum atomic E-state index is -1.51. The van der Waals surface area contributed by atoms with Crippen LogP contribution in [0.3, 0.4) is 0 Å². The van der Waals surface area contributed by atoms with Gasteiger partial charge in [-0.3, -0.25) is 14.2 Å². The molecule has 1 aliphatic rings. The molecule has 2 aromatic carbocycles. The molecule has 0 saturated heterocycles. The van der Waals surface area contributed by atoms with Crippen molar-refractivity contribution in [2.24, 2.45) is 0 Å². The van der Waals surface area contributed by atoms with E-state index in [9.17, 15) is 14.4 Å². The molecule has 0 bridgehead atoms. The summed E-state index contributed by atoms with van der Waals surface area (Å²) in [4.78, 5) is 40.9. The molecule has 0 aliphatic carbocycles. The number of benzene rings is 2. The van der Waals surface area contributed by atoms with Gasteiger partial charge in [-0.15, -0.1) is 0 Å². The van der Waals surface area contributed by atoms with Crippen molar-refractivity contribution in [3.63, 3.8) is 0 Å². The number of carbonyl (C=O) groups excluding carboxylic acids is 1. The third-order valence-electron chi connectivity index (χ3n) is 5.45. The Morgan fingerprint density at radius 1 is 1.12 bits per heavy atom. The van der Waals surface area contributed by atoms with Crippen LogP contribution in [-0.4, -0.2) is 26.5 Å². The van der Waals surface area contributed by atoms with Gasteiger partial charge in [-0.1, -0.05) is 47.0 Å². The van der Waals surface area contributed by atoms with Crippen LogP contribution in [0.1, 0.15) is 28.9 Å². The van der Waals surface area contributed by atoms with Gasteiger partial charge in [0.1, 0.15) is 15.9 Å². The van der Waals surface area contributed by atoms with E-state index in [2.05, 4.69) is 29.6 Å². The predicted molar refractivity (Wildman–Crippen MR) is 129 cm³/mol. The summed E-state index contributed by atoms with van der Waals surface area (Å²) in [5, 5.41) is 10.3. The lowest BCUT2D eigenvalue weighted by molar-refractivity contribution is -0.132. The van der Waals surface area contributed by atoms with Crippen molar-refractivity contribution in [2.75, 3.05) is 5.32 Å². The van der Waals surface area contributed by atoms with Gasteiger partial charge >= 0.3 is 5.97 Å². The van der Waals surface area contributed by atoms with Crippen molar-refractivity contribution in [2.45, 2.75) is 26.8 Å². The predicted octanol–water partition coefficient (Wildman–Crippen LogP) is 4.67. The second-order valence-corrected chi connectivity index (χ2v) is 8.55. The number of carbonyl (C=O) groups is 2. The molecule has 7 nitrogen and oxygen atoms in total. The lowest BCUT2D eigenvalue weighted by Gasteiger charge is -2.09. The second-order valence-electron chi connectivity index (χ2n) is 7.79. The number of amides is 1. The first-order chi connectivity index (χ1) is 15.7. The number of nitrogens with one attached hydrogen (secondary N) is 1. The minimum absolute atomic E-state index is 0.163. The van der Waals surface area contributed by atoms with E-state index < -0.39 is 21.9 Å². The normalized spacial score (nSPS) is 14.8. The molecule has 9 heteroatoms. The standard InChI is InChI=1S/C24H19Cl2N3O4/c1-12-3-4-13(2)15(9-12)10-14-7-8-29-21(14)28-18-11-16(5-6-17(18)23(29)31)27-22(30)19(25)20(26)24(32)33/h3-6,9-11H,7-8H2,1-2H3,(H,27,30)(H,32,33)/b14-10+,20-19-. The van der Waals surface area contributed by atoms with Crippen LogP contribution in [0.5, 0.6) is 0 Å². The number of carboxylic acids is 1. The molecule has 2 heterocycles. The number of aryl methyl sites for hydroxylation is 2. The Hall–Kier alpha value is -3.42. The fourth-order valence-corrected chi connectivity index (χ4v) is 3.93. The van der Waals surface area contributed by atoms with Crippen LogP contribution in [-0.2, 0) is 16.1 Å².